The van der Waals surface area contributed by atoms with Crippen LogP contribution in [0.15, 0.2) is 18.2 Å². The normalized spacial score (nSPS) is 14.1. The van der Waals surface area contributed by atoms with Gasteiger partial charge in [-0.15, -0.1) is 10.2 Å². The van der Waals surface area contributed by atoms with Crippen LogP contribution in [0, 0.1) is 0 Å². The monoisotopic (exact) mass is 363 g/mol. The first-order chi connectivity index (χ1) is 12.2. The van der Waals surface area contributed by atoms with Gasteiger partial charge in [0.2, 0.25) is 10.3 Å². The number of nitrogens with zero attached hydrogens (tertiary/aromatic N) is 3. The zero-order chi connectivity index (χ0) is 17.6. The Labute approximate surface area is 150 Å². The van der Waals surface area contributed by atoms with Gasteiger partial charge in [0, 0.05) is 19.2 Å². The van der Waals surface area contributed by atoms with Crippen molar-refractivity contribution in [1.29, 1.82) is 0 Å². The van der Waals surface area contributed by atoms with Gasteiger partial charge < -0.3 is 19.7 Å². The molecular formula is C16H21N5O3S. The standard InChI is InChI=1S/C16H21N5O3S/c1-23-11-6-7-12(13(10-11)24-2)17-14(22)18-15-19-20-16(25-15)21-8-4-3-5-9-21/h6-7,10H,3-5,8-9H2,1-2H3,(H2,17,18,19,22). The molecule has 1 fully saturated rings. The van der Waals surface area contributed by atoms with Crippen LogP contribution in [0.4, 0.5) is 20.7 Å². The molecule has 134 valence electrons. The average molecular weight is 363 g/mol. The molecule has 2 aromatic rings. The van der Waals surface area contributed by atoms with E-state index in [2.05, 4.69) is 25.7 Å². The van der Waals surface area contributed by atoms with E-state index in [0.717, 1.165) is 18.2 Å². The zero-order valence-corrected chi connectivity index (χ0v) is 15.1. The largest absolute Gasteiger partial charge is 0.497 e. The van der Waals surface area contributed by atoms with Crippen LogP contribution < -0.4 is 25.0 Å². The fraction of sp³-hybridized carbons (Fsp3) is 0.438. The minimum Gasteiger partial charge on any atom is -0.497 e. The fourth-order valence-corrected chi connectivity index (χ4v) is 3.42. The molecule has 2 heterocycles. The van der Waals surface area contributed by atoms with Crippen LogP contribution in [-0.2, 0) is 0 Å². The molecule has 0 spiro atoms. The Kier molecular flexibility index (Phi) is 5.54. The van der Waals surface area contributed by atoms with Crippen LogP contribution in [0.25, 0.3) is 0 Å². The van der Waals surface area contributed by atoms with Crippen molar-refractivity contribution >= 4 is 33.3 Å². The Hall–Kier alpha value is -2.55. The van der Waals surface area contributed by atoms with Gasteiger partial charge in [-0.3, -0.25) is 5.32 Å². The van der Waals surface area contributed by atoms with Gasteiger partial charge in [-0.2, -0.15) is 0 Å². The van der Waals surface area contributed by atoms with E-state index in [9.17, 15) is 4.79 Å². The van der Waals surface area contributed by atoms with Crippen molar-refractivity contribution in [3.8, 4) is 11.5 Å². The quantitative estimate of drug-likeness (QED) is 0.848. The maximum absolute atomic E-state index is 12.2. The second kappa shape index (κ2) is 8.02. The van der Waals surface area contributed by atoms with Crippen LogP contribution in [0.2, 0.25) is 0 Å². The molecule has 1 aromatic carbocycles. The maximum Gasteiger partial charge on any atom is 0.325 e. The van der Waals surface area contributed by atoms with E-state index in [-0.39, 0.29) is 0 Å². The molecule has 1 saturated heterocycles. The Morgan fingerprint density at radius 3 is 2.64 bits per heavy atom. The third-order valence-corrected chi connectivity index (χ3v) is 4.82. The van der Waals surface area contributed by atoms with Crippen molar-refractivity contribution in [2.75, 3.05) is 42.8 Å². The second-order valence-corrected chi connectivity index (χ2v) is 6.54. The lowest BCUT2D eigenvalue weighted by molar-refractivity contribution is 0.262. The number of aromatic nitrogens is 2. The number of piperidine rings is 1. The zero-order valence-electron chi connectivity index (χ0n) is 14.2. The minimum absolute atomic E-state index is 0.398. The highest BCUT2D eigenvalue weighted by Gasteiger charge is 2.17. The topological polar surface area (TPSA) is 88.6 Å². The summed E-state index contributed by atoms with van der Waals surface area (Å²) in [5.41, 5.74) is 0.543. The van der Waals surface area contributed by atoms with E-state index in [1.807, 2.05) is 0 Å². The Morgan fingerprint density at radius 1 is 1.12 bits per heavy atom. The van der Waals surface area contributed by atoms with E-state index in [1.165, 1.54) is 37.7 Å². The van der Waals surface area contributed by atoms with Gasteiger partial charge in [-0.05, 0) is 31.4 Å². The highest BCUT2D eigenvalue weighted by Crippen LogP contribution is 2.30. The summed E-state index contributed by atoms with van der Waals surface area (Å²) < 4.78 is 10.4. The minimum atomic E-state index is -0.398. The van der Waals surface area contributed by atoms with Gasteiger partial charge >= 0.3 is 6.03 Å². The number of ether oxygens (including phenoxy) is 2. The van der Waals surface area contributed by atoms with E-state index < -0.39 is 6.03 Å². The third kappa shape index (κ3) is 4.30. The van der Waals surface area contributed by atoms with Gasteiger partial charge in [0.15, 0.2) is 0 Å². The molecule has 0 bridgehead atoms. The molecule has 0 atom stereocenters. The first kappa shape index (κ1) is 17.3. The number of hydrogen-bond donors (Lipinski definition) is 2. The molecule has 8 nitrogen and oxygen atoms in total. The lowest BCUT2D eigenvalue weighted by Crippen LogP contribution is -2.29. The summed E-state index contributed by atoms with van der Waals surface area (Å²) >= 11 is 1.37. The van der Waals surface area contributed by atoms with Crippen molar-refractivity contribution in [3.63, 3.8) is 0 Å². The van der Waals surface area contributed by atoms with Crippen LogP contribution in [-0.4, -0.2) is 43.5 Å². The third-order valence-electron chi connectivity index (χ3n) is 3.92. The summed E-state index contributed by atoms with van der Waals surface area (Å²) in [7, 11) is 3.11. The molecule has 0 aliphatic carbocycles. The van der Waals surface area contributed by atoms with E-state index in [4.69, 9.17) is 9.47 Å². The predicted molar refractivity (Wildman–Crippen MR) is 98.2 cm³/mol. The first-order valence-corrected chi connectivity index (χ1v) is 8.89. The SMILES string of the molecule is COc1ccc(NC(=O)Nc2nnc(N3CCCCC3)s2)c(OC)c1. The molecular weight excluding hydrogens is 342 g/mol. The fourth-order valence-electron chi connectivity index (χ4n) is 2.63. The molecule has 1 aliphatic rings. The number of carbonyl (C=O) groups excluding carboxylic acids is 1. The highest BCUT2D eigenvalue weighted by atomic mass is 32.1. The molecule has 2 N–H and O–H groups in total. The Morgan fingerprint density at radius 2 is 1.92 bits per heavy atom. The van der Waals surface area contributed by atoms with Crippen LogP contribution in [0.5, 0.6) is 11.5 Å². The van der Waals surface area contributed by atoms with Crippen molar-refractivity contribution in [2.45, 2.75) is 19.3 Å². The lowest BCUT2D eigenvalue weighted by Gasteiger charge is -2.25. The number of amides is 2. The van der Waals surface area contributed by atoms with Gasteiger partial charge in [0.05, 0.1) is 19.9 Å². The number of anilines is 3. The number of methoxy groups -OCH3 is 2. The van der Waals surface area contributed by atoms with Gasteiger partial charge in [0.1, 0.15) is 11.5 Å². The number of hydrogen-bond acceptors (Lipinski definition) is 7. The number of rotatable bonds is 5. The Bertz CT molecular complexity index is 730. The van der Waals surface area contributed by atoms with Crippen LogP contribution >= 0.6 is 11.3 Å². The van der Waals surface area contributed by atoms with Crippen molar-refractivity contribution in [1.82, 2.24) is 10.2 Å². The first-order valence-electron chi connectivity index (χ1n) is 8.08. The van der Waals surface area contributed by atoms with Crippen molar-refractivity contribution in [3.05, 3.63) is 18.2 Å². The molecule has 3 rings (SSSR count). The van der Waals surface area contributed by atoms with Gasteiger partial charge in [-0.25, -0.2) is 4.79 Å². The molecule has 0 radical (unpaired) electrons. The molecule has 0 unspecified atom stereocenters. The van der Waals surface area contributed by atoms with Gasteiger partial charge in [0.25, 0.3) is 0 Å². The molecule has 0 saturated carbocycles. The molecule has 1 aliphatic heterocycles. The van der Waals surface area contributed by atoms with E-state index >= 15 is 0 Å². The van der Waals surface area contributed by atoms with Crippen LogP contribution in [0.3, 0.4) is 0 Å². The predicted octanol–water partition coefficient (Wildman–Crippen LogP) is 3.19. The summed E-state index contributed by atoms with van der Waals surface area (Å²) in [5, 5.41) is 15.0. The summed E-state index contributed by atoms with van der Waals surface area (Å²) in [6.07, 6.45) is 3.59. The van der Waals surface area contributed by atoms with E-state index in [0.29, 0.717) is 22.3 Å². The van der Waals surface area contributed by atoms with E-state index in [1.54, 1.807) is 25.3 Å². The second-order valence-electron chi connectivity index (χ2n) is 5.58. The summed E-state index contributed by atoms with van der Waals surface area (Å²) in [4.78, 5) is 14.4. The highest BCUT2D eigenvalue weighted by molar-refractivity contribution is 7.19. The molecule has 9 heteroatoms. The van der Waals surface area contributed by atoms with Crippen LogP contribution in [0.1, 0.15) is 19.3 Å². The van der Waals surface area contributed by atoms with Crippen molar-refractivity contribution in [2.24, 2.45) is 0 Å². The number of benzene rings is 1. The summed E-state index contributed by atoms with van der Waals surface area (Å²) in [6, 6.07) is 4.77. The lowest BCUT2D eigenvalue weighted by atomic mass is 10.1. The molecule has 2 amide bonds. The summed E-state index contributed by atoms with van der Waals surface area (Å²) in [6.45, 7) is 1.98. The molecule has 25 heavy (non-hydrogen) atoms. The Balaban J connectivity index is 1.62. The maximum atomic E-state index is 12.2. The van der Waals surface area contributed by atoms with Crippen molar-refractivity contribution < 1.29 is 14.3 Å². The molecule has 1 aromatic heterocycles. The number of carbonyl (C=O) groups is 1. The smallest absolute Gasteiger partial charge is 0.325 e. The number of nitrogens with one attached hydrogen (secondary N) is 2. The number of urea groups is 1. The summed E-state index contributed by atoms with van der Waals surface area (Å²) in [5.74, 6) is 1.17. The van der Waals surface area contributed by atoms with Gasteiger partial charge in [-0.1, -0.05) is 11.3 Å². The average Bonchev–Trinajstić information content (AvgIpc) is 3.11.